The van der Waals surface area contributed by atoms with Crippen molar-refractivity contribution in [1.29, 1.82) is 5.41 Å². The lowest BCUT2D eigenvalue weighted by Crippen LogP contribution is -2.45. The van der Waals surface area contributed by atoms with Crippen molar-refractivity contribution in [1.82, 2.24) is 24.4 Å². The van der Waals surface area contributed by atoms with E-state index in [1.807, 2.05) is 16.7 Å². The van der Waals surface area contributed by atoms with E-state index in [1.165, 1.54) is 11.8 Å². The van der Waals surface area contributed by atoms with E-state index in [-0.39, 0.29) is 12.3 Å². The summed E-state index contributed by atoms with van der Waals surface area (Å²) in [4.78, 5) is 26.8. The maximum atomic E-state index is 12.1. The fraction of sp³-hybridized carbons (Fsp3) is 0.455. The van der Waals surface area contributed by atoms with Crippen molar-refractivity contribution >= 4 is 44.8 Å². The molecule has 0 saturated carbocycles. The number of aliphatic hydroxyl groups excluding tert-OH is 2. The molecule has 2 aliphatic heterocycles. The van der Waals surface area contributed by atoms with Gasteiger partial charge in [-0.05, 0) is 53.2 Å². The number of rotatable bonds is 7. The zero-order valence-electron chi connectivity index (χ0n) is 18.7. The average Bonchev–Trinajstić information content (AvgIpc) is 3.50. The number of benzene rings is 1. The Bertz CT molecular complexity index is 1310. The molecule has 0 spiro atoms. The van der Waals surface area contributed by atoms with Gasteiger partial charge in [-0.3, -0.25) is 10.2 Å². The van der Waals surface area contributed by atoms with E-state index in [9.17, 15) is 9.90 Å². The van der Waals surface area contributed by atoms with Gasteiger partial charge in [-0.1, -0.05) is 11.8 Å². The van der Waals surface area contributed by atoms with E-state index in [0.717, 1.165) is 28.6 Å². The Morgan fingerprint density at radius 2 is 2.06 bits per heavy atom. The summed E-state index contributed by atoms with van der Waals surface area (Å²) in [5.41, 5.74) is 1.38. The molecule has 35 heavy (non-hydrogen) atoms. The van der Waals surface area contributed by atoms with Crippen molar-refractivity contribution in [2.45, 2.75) is 42.0 Å². The number of carbonyl (C=O) groups excluding carboxylic acids is 1. The number of aryl methyl sites for hydroxylation is 1. The molecule has 2 aromatic heterocycles. The number of aliphatic hydroxyl groups is 2. The first-order valence-electron chi connectivity index (χ1n) is 11.3. The minimum Gasteiger partial charge on any atom is -0.454 e. The van der Waals surface area contributed by atoms with Gasteiger partial charge in [-0.15, -0.1) is 0 Å². The highest BCUT2D eigenvalue weighted by Gasteiger charge is 2.27. The lowest BCUT2D eigenvalue weighted by Gasteiger charge is -2.33. The second-order valence-corrected chi connectivity index (χ2v) is 10.4. The van der Waals surface area contributed by atoms with E-state index in [0.29, 0.717) is 53.4 Å². The van der Waals surface area contributed by atoms with Gasteiger partial charge in [-0.25, -0.2) is 9.97 Å². The highest BCUT2D eigenvalue weighted by atomic mass is 79.9. The first kappa shape index (κ1) is 24.1. The van der Waals surface area contributed by atoms with Crippen LogP contribution in [0.5, 0.6) is 11.5 Å². The first-order valence-corrected chi connectivity index (χ1v) is 12.9. The number of nitrogens with zero attached hydrogens (tertiary/aromatic N) is 4. The number of ether oxygens (including phenoxy) is 2. The van der Waals surface area contributed by atoms with Gasteiger partial charge < -0.3 is 34.1 Å². The van der Waals surface area contributed by atoms with Crippen LogP contribution in [0.3, 0.4) is 0 Å². The van der Waals surface area contributed by atoms with E-state index in [1.54, 1.807) is 11.2 Å². The number of fused-ring (bicyclic) bond motifs is 2. The number of halogens is 1. The van der Waals surface area contributed by atoms with Crippen LogP contribution >= 0.6 is 27.7 Å². The summed E-state index contributed by atoms with van der Waals surface area (Å²) in [6, 6.07) is 3.77. The van der Waals surface area contributed by atoms with Crippen molar-refractivity contribution < 1.29 is 24.5 Å². The number of hydrogen-bond acceptors (Lipinski definition) is 9. The number of imidazole rings is 1. The summed E-state index contributed by atoms with van der Waals surface area (Å²) in [5, 5.41) is 27.4. The Hall–Kier alpha value is -2.61. The maximum absolute atomic E-state index is 12.1. The van der Waals surface area contributed by atoms with Gasteiger partial charge in [0.15, 0.2) is 33.9 Å². The highest BCUT2D eigenvalue weighted by Crippen LogP contribution is 2.42. The molecular formula is C22H25BrN6O5S. The molecule has 3 aromatic rings. The molecule has 186 valence electrons. The average molecular weight is 565 g/mol. The van der Waals surface area contributed by atoms with Crippen LogP contribution in [-0.4, -0.2) is 73.1 Å². The molecule has 0 aliphatic carbocycles. The molecular weight excluding hydrogens is 540 g/mol. The Kier molecular flexibility index (Phi) is 7.00. The second-order valence-electron chi connectivity index (χ2n) is 8.52. The number of hydrogen-bond donors (Lipinski definition) is 4. The molecule has 1 unspecified atom stereocenters. The molecule has 13 heteroatoms. The second kappa shape index (κ2) is 10.2. The third-order valence-corrected chi connectivity index (χ3v) is 8.16. The standard InChI is InChI=1S/C22H25BrN6O5S/c23-13-7-15-16(34-11-33-15)8-17(13)35-22-26-18-19(24)25-10-29(20(18)27-22)6-3-12-1-4-28(5-2-12)21(32)14(31)9-30/h7-8,10,12,14,24,30-31H,1-6,9,11H2,(H,26,27). The fourth-order valence-electron chi connectivity index (χ4n) is 4.31. The molecule has 1 atom stereocenters. The Labute approximate surface area is 213 Å². The molecule has 0 radical (unpaired) electrons. The van der Waals surface area contributed by atoms with Gasteiger partial charge in [0.2, 0.25) is 6.79 Å². The number of carbonyl (C=O) groups is 1. The molecule has 1 fully saturated rings. The minimum absolute atomic E-state index is 0.134. The largest absolute Gasteiger partial charge is 0.454 e. The van der Waals surface area contributed by atoms with Gasteiger partial charge in [-0.2, -0.15) is 0 Å². The van der Waals surface area contributed by atoms with Gasteiger partial charge in [0.05, 0.1) is 12.9 Å². The van der Waals surface area contributed by atoms with Crippen LogP contribution in [0.1, 0.15) is 19.3 Å². The zero-order chi connectivity index (χ0) is 24.5. The predicted molar refractivity (Wildman–Crippen MR) is 129 cm³/mol. The van der Waals surface area contributed by atoms with Crippen LogP contribution in [0.15, 0.2) is 33.0 Å². The van der Waals surface area contributed by atoms with Gasteiger partial charge in [0.25, 0.3) is 5.91 Å². The first-order chi connectivity index (χ1) is 16.9. The van der Waals surface area contributed by atoms with E-state index >= 15 is 0 Å². The minimum atomic E-state index is -1.34. The van der Waals surface area contributed by atoms with Crippen molar-refractivity contribution in [3.8, 4) is 11.5 Å². The van der Waals surface area contributed by atoms with E-state index in [4.69, 9.17) is 25.0 Å². The molecule has 4 N–H and O–H groups in total. The zero-order valence-corrected chi connectivity index (χ0v) is 21.1. The Morgan fingerprint density at radius 3 is 2.80 bits per heavy atom. The summed E-state index contributed by atoms with van der Waals surface area (Å²) in [5.74, 6) is 1.39. The molecule has 1 amide bonds. The van der Waals surface area contributed by atoms with Crippen LogP contribution < -0.4 is 15.0 Å². The lowest BCUT2D eigenvalue weighted by molar-refractivity contribution is -0.143. The Morgan fingerprint density at radius 1 is 1.31 bits per heavy atom. The van der Waals surface area contributed by atoms with Gasteiger partial charge in [0, 0.05) is 29.0 Å². The SMILES string of the molecule is N=c1ncn(CCC2CCN(C(=O)C(O)CO)CC2)c2nc(Sc3cc4c(cc3Br)OCO4)[nH]c12. The quantitative estimate of drug-likeness (QED) is 0.339. The molecule has 11 nitrogen and oxygen atoms in total. The Balaban J connectivity index is 1.27. The number of amides is 1. The lowest BCUT2D eigenvalue weighted by atomic mass is 9.93. The summed E-state index contributed by atoms with van der Waals surface area (Å²) < 4.78 is 13.7. The predicted octanol–water partition coefficient (Wildman–Crippen LogP) is 1.86. The van der Waals surface area contributed by atoms with Gasteiger partial charge in [0.1, 0.15) is 5.52 Å². The van der Waals surface area contributed by atoms with E-state index < -0.39 is 18.6 Å². The number of aromatic nitrogens is 4. The highest BCUT2D eigenvalue weighted by molar-refractivity contribution is 9.10. The molecule has 1 aromatic carbocycles. The van der Waals surface area contributed by atoms with Crippen LogP contribution in [0, 0.1) is 11.3 Å². The van der Waals surface area contributed by atoms with Crippen LogP contribution in [-0.2, 0) is 11.3 Å². The van der Waals surface area contributed by atoms with Gasteiger partial charge >= 0.3 is 0 Å². The van der Waals surface area contributed by atoms with Crippen molar-refractivity contribution in [2.24, 2.45) is 5.92 Å². The van der Waals surface area contributed by atoms with Crippen LogP contribution in [0.2, 0.25) is 0 Å². The summed E-state index contributed by atoms with van der Waals surface area (Å²) in [7, 11) is 0. The smallest absolute Gasteiger partial charge is 0.253 e. The summed E-state index contributed by atoms with van der Waals surface area (Å²) in [6.45, 7) is 1.47. The molecule has 5 rings (SSSR count). The third kappa shape index (κ3) is 5.03. The maximum Gasteiger partial charge on any atom is 0.253 e. The third-order valence-electron chi connectivity index (χ3n) is 6.29. The number of likely N-dealkylation sites (tertiary alicyclic amines) is 1. The molecule has 0 bridgehead atoms. The number of aromatic amines is 1. The summed E-state index contributed by atoms with van der Waals surface area (Å²) >= 11 is 5.00. The normalized spacial score (nSPS) is 16.7. The van der Waals surface area contributed by atoms with Crippen LogP contribution in [0.25, 0.3) is 11.2 Å². The summed E-state index contributed by atoms with van der Waals surface area (Å²) in [6.07, 6.45) is 2.85. The number of piperidine rings is 1. The van der Waals surface area contributed by atoms with E-state index in [2.05, 4.69) is 25.9 Å². The topological polar surface area (TPSA) is 150 Å². The molecule has 4 heterocycles. The molecule has 1 saturated heterocycles. The fourth-order valence-corrected chi connectivity index (χ4v) is 5.69. The monoisotopic (exact) mass is 564 g/mol. The number of nitrogens with one attached hydrogen (secondary N) is 2. The van der Waals surface area contributed by atoms with Crippen molar-refractivity contribution in [2.75, 3.05) is 26.5 Å². The number of H-pyrrole nitrogens is 1. The van der Waals surface area contributed by atoms with Crippen LogP contribution in [0.4, 0.5) is 0 Å². The molecule has 2 aliphatic rings. The van der Waals surface area contributed by atoms with Crippen molar-refractivity contribution in [3.05, 3.63) is 28.4 Å². The van der Waals surface area contributed by atoms with Crippen molar-refractivity contribution in [3.63, 3.8) is 0 Å².